The van der Waals surface area contributed by atoms with Gasteiger partial charge in [-0.05, 0) is 24.8 Å². The van der Waals surface area contributed by atoms with Gasteiger partial charge in [0.15, 0.2) is 0 Å². The Kier molecular flexibility index (Phi) is 2.51. The lowest BCUT2D eigenvalue weighted by molar-refractivity contribution is 0.259. The standard InChI is InChI=1S/C9H13N5O/c10-6-1-2-7-5(3-6)4-12-9(13-7)14-8(11)15/h4,6H,1-3,10H2,(H3,11,12,13,14,15)/t6-/m0/s1. The van der Waals surface area contributed by atoms with Crippen LogP contribution in [0, 0.1) is 0 Å². The van der Waals surface area contributed by atoms with Crippen LogP contribution >= 0.6 is 0 Å². The minimum absolute atomic E-state index is 0.191. The lowest BCUT2D eigenvalue weighted by atomic mass is 9.94. The fourth-order valence-corrected chi connectivity index (χ4v) is 1.71. The Balaban J connectivity index is 2.23. The zero-order chi connectivity index (χ0) is 10.8. The molecule has 0 fully saturated rings. The maximum atomic E-state index is 10.6. The molecule has 1 aliphatic carbocycles. The molecule has 5 N–H and O–H groups in total. The number of carbonyl (C=O) groups excluding carboxylic acids is 1. The summed E-state index contributed by atoms with van der Waals surface area (Å²) < 4.78 is 0. The van der Waals surface area contributed by atoms with E-state index in [1.165, 1.54) is 0 Å². The Morgan fingerprint density at radius 1 is 1.60 bits per heavy atom. The second kappa shape index (κ2) is 3.82. The summed E-state index contributed by atoms with van der Waals surface area (Å²) in [5, 5.41) is 2.35. The third kappa shape index (κ3) is 2.21. The number of hydrogen-bond acceptors (Lipinski definition) is 4. The highest BCUT2D eigenvalue weighted by Crippen LogP contribution is 2.18. The van der Waals surface area contributed by atoms with Gasteiger partial charge in [-0.3, -0.25) is 5.32 Å². The van der Waals surface area contributed by atoms with Crippen LogP contribution in [0.15, 0.2) is 6.20 Å². The van der Waals surface area contributed by atoms with Gasteiger partial charge in [0.25, 0.3) is 0 Å². The lowest BCUT2D eigenvalue weighted by Gasteiger charge is -2.20. The van der Waals surface area contributed by atoms with E-state index in [0.717, 1.165) is 30.5 Å². The number of carbonyl (C=O) groups is 1. The SMILES string of the molecule is NC(=O)Nc1ncc2c(n1)CC[C@H](N)C2. The van der Waals surface area contributed by atoms with Gasteiger partial charge in [-0.25, -0.2) is 14.8 Å². The van der Waals surface area contributed by atoms with Crippen molar-refractivity contribution >= 4 is 12.0 Å². The number of fused-ring (bicyclic) bond motifs is 1. The number of urea groups is 1. The highest BCUT2D eigenvalue weighted by atomic mass is 16.2. The van der Waals surface area contributed by atoms with Crippen molar-refractivity contribution < 1.29 is 4.79 Å². The van der Waals surface area contributed by atoms with Crippen molar-refractivity contribution in [3.05, 3.63) is 17.5 Å². The van der Waals surface area contributed by atoms with Crippen LogP contribution in [-0.4, -0.2) is 22.0 Å². The van der Waals surface area contributed by atoms with Gasteiger partial charge in [-0.15, -0.1) is 0 Å². The van der Waals surface area contributed by atoms with E-state index in [9.17, 15) is 4.79 Å². The number of hydrogen-bond donors (Lipinski definition) is 3. The summed E-state index contributed by atoms with van der Waals surface area (Å²) in [6.07, 6.45) is 4.24. The summed E-state index contributed by atoms with van der Waals surface area (Å²) in [7, 11) is 0. The third-order valence-electron chi connectivity index (χ3n) is 2.42. The van der Waals surface area contributed by atoms with E-state index in [4.69, 9.17) is 11.5 Å². The van der Waals surface area contributed by atoms with Gasteiger partial charge in [0.05, 0.1) is 0 Å². The number of anilines is 1. The molecule has 0 unspecified atom stereocenters. The molecule has 0 radical (unpaired) electrons. The smallest absolute Gasteiger partial charge is 0.319 e. The van der Waals surface area contributed by atoms with Crippen LogP contribution in [0.2, 0.25) is 0 Å². The molecule has 2 rings (SSSR count). The Bertz CT molecular complexity index is 392. The fourth-order valence-electron chi connectivity index (χ4n) is 1.71. The molecule has 1 aliphatic rings. The largest absolute Gasteiger partial charge is 0.351 e. The Morgan fingerprint density at radius 3 is 3.13 bits per heavy atom. The Hall–Kier alpha value is -1.69. The minimum Gasteiger partial charge on any atom is -0.351 e. The number of nitrogens with zero attached hydrogens (tertiary/aromatic N) is 2. The summed E-state index contributed by atoms with van der Waals surface area (Å²) in [5.41, 5.74) is 12.8. The van der Waals surface area contributed by atoms with E-state index < -0.39 is 6.03 Å². The molecule has 0 saturated heterocycles. The van der Waals surface area contributed by atoms with Crippen molar-refractivity contribution in [3.8, 4) is 0 Å². The summed E-state index contributed by atoms with van der Waals surface area (Å²) >= 11 is 0. The topological polar surface area (TPSA) is 107 Å². The zero-order valence-corrected chi connectivity index (χ0v) is 8.23. The predicted octanol–water partition coefficient (Wildman–Crippen LogP) is -0.217. The van der Waals surface area contributed by atoms with Crippen LogP contribution < -0.4 is 16.8 Å². The average Bonchev–Trinajstić information content (AvgIpc) is 2.17. The fraction of sp³-hybridized carbons (Fsp3) is 0.444. The molecular formula is C9H13N5O. The monoisotopic (exact) mass is 207 g/mol. The first-order valence-corrected chi connectivity index (χ1v) is 4.82. The molecule has 0 aliphatic heterocycles. The molecular weight excluding hydrogens is 194 g/mol. The van der Waals surface area contributed by atoms with Gasteiger partial charge in [0.1, 0.15) is 0 Å². The quantitative estimate of drug-likeness (QED) is 0.591. The van der Waals surface area contributed by atoms with Gasteiger partial charge in [-0.2, -0.15) is 0 Å². The van der Waals surface area contributed by atoms with Crippen molar-refractivity contribution in [1.82, 2.24) is 9.97 Å². The second-order valence-corrected chi connectivity index (χ2v) is 3.66. The maximum Gasteiger partial charge on any atom is 0.319 e. The van der Waals surface area contributed by atoms with Gasteiger partial charge in [0.2, 0.25) is 5.95 Å². The number of aromatic nitrogens is 2. The number of nitrogens with two attached hydrogens (primary N) is 2. The van der Waals surface area contributed by atoms with Crippen molar-refractivity contribution in [1.29, 1.82) is 0 Å². The molecule has 2 amide bonds. The molecule has 1 heterocycles. The molecule has 6 heteroatoms. The van der Waals surface area contributed by atoms with Gasteiger partial charge in [0, 0.05) is 17.9 Å². The van der Waals surface area contributed by atoms with Crippen LogP contribution in [0.3, 0.4) is 0 Å². The van der Waals surface area contributed by atoms with Gasteiger partial charge in [-0.1, -0.05) is 0 Å². The molecule has 1 aromatic heterocycles. The second-order valence-electron chi connectivity index (χ2n) is 3.66. The zero-order valence-electron chi connectivity index (χ0n) is 8.23. The summed E-state index contributed by atoms with van der Waals surface area (Å²) in [6.45, 7) is 0. The highest BCUT2D eigenvalue weighted by molar-refractivity contribution is 5.85. The highest BCUT2D eigenvalue weighted by Gasteiger charge is 2.17. The van der Waals surface area contributed by atoms with Crippen LogP contribution in [0.1, 0.15) is 17.7 Å². The first-order valence-electron chi connectivity index (χ1n) is 4.82. The summed E-state index contributed by atoms with van der Waals surface area (Å²) in [4.78, 5) is 18.8. The summed E-state index contributed by atoms with van der Waals surface area (Å²) in [5.74, 6) is 0.261. The van der Waals surface area contributed by atoms with Crippen LogP contribution in [0.4, 0.5) is 10.7 Å². The normalized spacial score (nSPS) is 19.4. The van der Waals surface area contributed by atoms with Crippen molar-refractivity contribution in [3.63, 3.8) is 0 Å². The minimum atomic E-state index is -0.650. The van der Waals surface area contributed by atoms with E-state index >= 15 is 0 Å². The van der Waals surface area contributed by atoms with Gasteiger partial charge < -0.3 is 11.5 Å². The molecule has 6 nitrogen and oxygen atoms in total. The van der Waals surface area contributed by atoms with Crippen LogP contribution in [0.25, 0.3) is 0 Å². The third-order valence-corrected chi connectivity index (χ3v) is 2.42. The number of primary amides is 1. The van der Waals surface area contributed by atoms with E-state index in [1.807, 2.05) is 0 Å². The molecule has 80 valence electrons. The maximum absolute atomic E-state index is 10.6. The molecule has 0 spiro atoms. The van der Waals surface area contributed by atoms with Crippen molar-refractivity contribution in [2.45, 2.75) is 25.3 Å². The predicted molar refractivity (Wildman–Crippen MR) is 55.2 cm³/mol. The number of rotatable bonds is 1. The first kappa shape index (κ1) is 9.85. The Labute approximate surface area is 87.1 Å². The number of nitrogens with one attached hydrogen (secondary N) is 1. The van der Waals surface area contributed by atoms with E-state index in [0.29, 0.717) is 0 Å². The van der Waals surface area contributed by atoms with E-state index in [1.54, 1.807) is 6.20 Å². The Morgan fingerprint density at radius 2 is 2.40 bits per heavy atom. The van der Waals surface area contributed by atoms with E-state index in [2.05, 4.69) is 15.3 Å². The van der Waals surface area contributed by atoms with Crippen LogP contribution in [0.5, 0.6) is 0 Å². The lowest BCUT2D eigenvalue weighted by Crippen LogP contribution is -2.29. The molecule has 1 atom stereocenters. The van der Waals surface area contributed by atoms with Gasteiger partial charge >= 0.3 is 6.03 Å². The average molecular weight is 207 g/mol. The number of amides is 2. The molecule has 0 saturated carbocycles. The number of aryl methyl sites for hydroxylation is 1. The van der Waals surface area contributed by atoms with Crippen molar-refractivity contribution in [2.75, 3.05) is 5.32 Å². The molecule has 1 aromatic rings. The van der Waals surface area contributed by atoms with Crippen molar-refractivity contribution in [2.24, 2.45) is 11.5 Å². The molecule has 0 bridgehead atoms. The van der Waals surface area contributed by atoms with Crippen LogP contribution in [-0.2, 0) is 12.8 Å². The molecule has 15 heavy (non-hydrogen) atoms. The molecule has 0 aromatic carbocycles. The van der Waals surface area contributed by atoms with E-state index in [-0.39, 0.29) is 12.0 Å². The summed E-state index contributed by atoms with van der Waals surface area (Å²) in [6, 6.07) is -0.460. The first-order chi connectivity index (χ1) is 7.15.